The maximum absolute atomic E-state index is 12.5. The van der Waals surface area contributed by atoms with Gasteiger partial charge in [0.25, 0.3) is 0 Å². The Labute approximate surface area is 132 Å². The van der Waals surface area contributed by atoms with Crippen molar-refractivity contribution in [1.29, 1.82) is 0 Å². The quantitative estimate of drug-likeness (QED) is 0.934. The van der Waals surface area contributed by atoms with Gasteiger partial charge in [-0.05, 0) is 38.2 Å². The molecular formula is C18H25NO3. The van der Waals surface area contributed by atoms with Crippen LogP contribution in [0, 0.1) is 12.8 Å². The third kappa shape index (κ3) is 3.68. The molecule has 1 amide bonds. The SMILES string of the molecule is Cc1ccc([C@H]2OCCC[C@@H]2NC(=O)C2CCOCC2)cc1. The minimum atomic E-state index is -0.0295. The van der Waals surface area contributed by atoms with E-state index in [2.05, 4.69) is 36.5 Å². The molecule has 0 saturated carbocycles. The standard InChI is InChI=1S/C18H25NO3/c1-13-4-6-14(7-5-13)17-16(3-2-10-22-17)19-18(20)15-8-11-21-12-9-15/h4-7,15-17H,2-3,8-12H2,1H3,(H,19,20)/t16-,17+/m0/s1. The molecule has 22 heavy (non-hydrogen) atoms. The molecule has 3 rings (SSSR count). The van der Waals surface area contributed by atoms with E-state index in [0.717, 1.165) is 37.9 Å². The lowest BCUT2D eigenvalue weighted by Crippen LogP contribution is -2.46. The van der Waals surface area contributed by atoms with Crippen LogP contribution in [-0.4, -0.2) is 31.8 Å². The Morgan fingerprint density at radius 3 is 2.55 bits per heavy atom. The molecule has 0 radical (unpaired) electrons. The molecule has 2 saturated heterocycles. The van der Waals surface area contributed by atoms with Gasteiger partial charge in [-0.3, -0.25) is 4.79 Å². The van der Waals surface area contributed by atoms with Crippen LogP contribution >= 0.6 is 0 Å². The summed E-state index contributed by atoms with van der Waals surface area (Å²) >= 11 is 0. The van der Waals surface area contributed by atoms with Gasteiger partial charge in [-0.15, -0.1) is 0 Å². The molecule has 4 nitrogen and oxygen atoms in total. The van der Waals surface area contributed by atoms with E-state index in [4.69, 9.17) is 9.47 Å². The number of amides is 1. The monoisotopic (exact) mass is 303 g/mol. The molecule has 2 heterocycles. The Bertz CT molecular complexity index is 494. The molecule has 1 N–H and O–H groups in total. The fourth-order valence-electron chi connectivity index (χ4n) is 3.27. The van der Waals surface area contributed by atoms with Crippen molar-refractivity contribution in [3.63, 3.8) is 0 Å². The van der Waals surface area contributed by atoms with Crippen LogP contribution in [0.25, 0.3) is 0 Å². The molecule has 1 aromatic rings. The highest BCUT2D eigenvalue weighted by molar-refractivity contribution is 5.79. The summed E-state index contributed by atoms with van der Waals surface area (Å²) in [6.07, 6.45) is 3.61. The van der Waals surface area contributed by atoms with E-state index in [1.807, 2.05) is 0 Å². The molecule has 2 aliphatic heterocycles. The maximum atomic E-state index is 12.5. The zero-order chi connectivity index (χ0) is 15.4. The van der Waals surface area contributed by atoms with Gasteiger partial charge in [0.05, 0.1) is 6.04 Å². The highest BCUT2D eigenvalue weighted by Crippen LogP contribution is 2.29. The molecule has 0 spiro atoms. The first-order valence-electron chi connectivity index (χ1n) is 8.30. The summed E-state index contributed by atoms with van der Waals surface area (Å²) in [4.78, 5) is 12.5. The number of hydrogen-bond donors (Lipinski definition) is 1. The van der Waals surface area contributed by atoms with E-state index in [9.17, 15) is 4.79 Å². The van der Waals surface area contributed by atoms with E-state index in [1.165, 1.54) is 5.56 Å². The van der Waals surface area contributed by atoms with Crippen LogP contribution < -0.4 is 5.32 Å². The molecule has 0 aromatic heterocycles. The number of ether oxygens (including phenoxy) is 2. The Morgan fingerprint density at radius 2 is 1.82 bits per heavy atom. The highest BCUT2D eigenvalue weighted by atomic mass is 16.5. The molecule has 1 aromatic carbocycles. The zero-order valence-corrected chi connectivity index (χ0v) is 13.2. The molecule has 120 valence electrons. The number of carbonyl (C=O) groups excluding carboxylic acids is 1. The van der Waals surface area contributed by atoms with Crippen molar-refractivity contribution in [3.05, 3.63) is 35.4 Å². The Hall–Kier alpha value is -1.39. The van der Waals surface area contributed by atoms with E-state index < -0.39 is 0 Å². The van der Waals surface area contributed by atoms with Gasteiger partial charge in [-0.2, -0.15) is 0 Å². The summed E-state index contributed by atoms with van der Waals surface area (Å²) in [5.74, 6) is 0.255. The van der Waals surface area contributed by atoms with Crippen LogP contribution in [0.15, 0.2) is 24.3 Å². The molecular weight excluding hydrogens is 278 g/mol. The second-order valence-corrected chi connectivity index (χ2v) is 6.35. The summed E-state index contributed by atoms with van der Waals surface area (Å²) in [5, 5.41) is 3.23. The first kappa shape index (κ1) is 15.5. The molecule has 2 atom stereocenters. The number of rotatable bonds is 3. The van der Waals surface area contributed by atoms with E-state index in [0.29, 0.717) is 13.2 Å². The second-order valence-electron chi connectivity index (χ2n) is 6.35. The Morgan fingerprint density at radius 1 is 1.09 bits per heavy atom. The van der Waals surface area contributed by atoms with Gasteiger partial charge in [0.2, 0.25) is 5.91 Å². The summed E-state index contributed by atoms with van der Waals surface area (Å²) in [6, 6.07) is 8.50. The lowest BCUT2D eigenvalue weighted by molar-refractivity contribution is -0.131. The van der Waals surface area contributed by atoms with Gasteiger partial charge >= 0.3 is 0 Å². The fourth-order valence-corrected chi connectivity index (χ4v) is 3.27. The van der Waals surface area contributed by atoms with Crippen molar-refractivity contribution in [2.75, 3.05) is 19.8 Å². The van der Waals surface area contributed by atoms with Crippen molar-refractivity contribution in [3.8, 4) is 0 Å². The van der Waals surface area contributed by atoms with Gasteiger partial charge in [0.15, 0.2) is 0 Å². The normalized spacial score (nSPS) is 26.6. The highest BCUT2D eigenvalue weighted by Gasteiger charge is 2.31. The largest absolute Gasteiger partial charge is 0.381 e. The van der Waals surface area contributed by atoms with E-state index in [-0.39, 0.29) is 24.0 Å². The summed E-state index contributed by atoms with van der Waals surface area (Å²) in [7, 11) is 0. The zero-order valence-electron chi connectivity index (χ0n) is 13.2. The third-order valence-electron chi connectivity index (χ3n) is 4.65. The van der Waals surface area contributed by atoms with Gasteiger partial charge in [-0.1, -0.05) is 29.8 Å². The number of nitrogens with one attached hydrogen (secondary N) is 1. The van der Waals surface area contributed by atoms with Crippen molar-refractivity contribution >= 4 is 5.91 Å². The molecule has 0 aliphatic carbocycles. The third-order valence-corrected chi connectivity index (χ3v) is 4.65. The van der Waals surface area contributed by atoms with Gasteiger partial charge in [0, 0.05) is 25.7 Å². The second kappa shape index (κ2) is 7.25. The molecule has 0 bridgehead atoms. The lowest BCUT2D eigenvalue weighted by atomic mass is 9.93. The van der Waals surface area contributed by atoms with Gasteiger partial charge in [-0.25, -0.2) is 0 Å². The number of carbonyl (C=O) groups is 1. The molecule has 2 aliphatic rings. The first-order valence-corrected chi connectivity index (χ1v) is 8.30. The maximum Gasteiger partial charge on any atom is 0.223 e. The minimum Gasteiger partial charge on any atom is -0.381 e. The van der Waals surface area contributed by atoms with Gasteiger partial charge < -0.3 is 14.8 Å². The number of aryl methyl sites for hydroxylation is 1. The van der Waals surface area contributed by atoms with Crippen LogP contribution in [0.3, 0.4) is 0 Å². The topological polar surface area (TPSA) is 47.6 Å². The molecule has 2 fully saturated rings. The molecule has 4 heteroatoms. The van der Waals surface area contributed by atoms with Crippen LogP contribution in [0.4, 0.5) is 0 Å². The first-order chi connectivity index (χ1) is 10.7. The fraction of sp³-hybridized carbons (Fsp3) is 0.611. The van der Waals surface area contributed by atoms with Crippen molar-refractivity contribution in [1.82, 2.24) is 5.32 Å². The average molecular weight is 303 g/mol. The van der Waals surface area contributed by atoms with Crippen molar-refractivity contribution in [2.24, 2.45) is 5.92 Å². The van der Waals surface area contributed by atoms with Crippen molar-refractivity contribution < 1.29 is 14.3 Å². The summed E-state index contributed by atoms with van der Waals surface area (Å²) < 4.78 is 11.3. The Balaban J connectivity index is 1.66. The summed E-state index contributed by atoms with van der Waals surface area (Å²) in [5.41, 5.74) is 2.39. The van der Waals surface area contributed by atoms with Crippen LogP contribution in [0.2, 0.25) is 0 Å². The minimum absolute atomic E-state index is 0.0295. The van der Waals surface area contributed by atoms with Gasteiger partial charge in [0.1, 0.15) is 6.10 Å². The van der Waals surface area contributed by atoms with Crippen molar-refractivity contribution in [2.45, 2.75) is 44.8 Å². The Kier molecular flexibility index (Phi) is 5.11. The summed E-state index contributed by atoms with van der Waals surface area (Å²) in [6.45, 7) is 4.24. The van der Waals surface area contributed by atoms with Crippen LogP contribution in [-0.2, 0) is 14.3 Å². The van der Waals surface area contributed by atoms with E-state index >= 15 is 0 Å². The average Bonchev–Trinajstić information content (AvgIpc) is 2.57. The predicted molar refractivity (Wildman–Crippen MR) is 84.6 cm³/mol. The van der Waals surface area contributed by atoms with Crippen LogP contribution in [0.1, 0.15) is 42.9 Å². The number of benzene rings is 1. The number of hydrogen-bond acceptors (Lipinski definition) is 3. The lowest BCUT2D eigenvalue weighted by Gasteiger charge is -2.34. The molecule has 0 unspecified atom stereocenters. The van der Waals surface area contributed by atoms with E-state index in [1.54, 1.807) is 0 Å². The predicted octanol–water partition coefficient (Wildman–Crippen LogP) is 2.76. The smallest absolute Gasteiger partial charge is 0.223 e. The van der Waals surface area contributed by atoms with Crippen LogP contribution in [0.5, 0.6) is 0 Å².